The summed E-state index contributed by atoms with van der Waals surface area (Å²) in [6.45, 7) is 7.30. The van der Waals surface area contributed by atoms with Crippen molar-refractivity contribution in [1.82, 2.24) is 10.3 Å². The first-order valence-corrected chi connectivity index (χ1v) is 6.66. The molecule has 0 aromatic carbocycles. The normalized spacial score (nSPS) is 15.4. The summed E-state index contributed by atoms with van der Waals surface area (Å²) < 4.78 is 0. The lowest BCUT2D eigenvalue weighted by Crippen LogP contribution is -2.27. The molecule has 0 aliphatic heterocycles. The molecule has 4 heteroatoms. The molecule has 2 unspecified atom stereocenters. The average molecular weight is 277 g/mol. The third-order valence-electron chi connectivity index (χ3n) is 1.95. The number of rotatable bonds is 5. The fraction of sp³-hybridized carbons (Fsp3) is 0.700. The molecule has 0 aliphatic carbocycles. The van der Waals surface area contributed by atoms with Gasteiger partial charge in [-0.1, -0.05) is 22.9 Å². The first kappa shape index (κ1) is 12.1. The fourth-order valence-corrected chi connectivity index (χ4v) is 2.60. The van der Waals surface area contributed by atoms with Crippen molar-refractivity contribution >= 4 is 27.3 Å². The first-order chi connectivity index (χ1) is 6.58. The van der Waals surface area contributed by atoms with Crippen molar-refractivity contribution in [3.63, 3.8) is 0 Å². The van der Waals surface area contributed by atoms with Crippen molar-refractivity contribution in [2.24, 2.45) is 0 Å². The van der Waals surface area contributed by atoms with E-state index in [1.807, 2.05) is 6.92 Å². The van der Waals surface area contributed by atoms with Crippen LogP contribution in [0, 0.1) is 6.92 Å². The van der Waals surface area contributed by atoms with Crippen molar-refractivity contribution in [1.29, 1.82) is 0 Å². The molecule has 1 N–H and O–H groups in total. The van der Waals surface area contributed by atoms with Crippen LogP contribution in [0.2, 0.25) is 0 Å². The van der Waals surface area contributed by atoms with E-state index in [2.05, 4.69) is 45.5 Å². The summed E-state index contributed by atoms with van der Waals surface area (Å²) in [4.78, 5) is 4.98. The van der Waals surface area contributed by atoms with Gasteiger partial charge < -0.3 is 5.32 Å². The van der Waals surface area contributed by atoms with Crippen LogP contribution in [0.1, 0.15) is 31.0 Å². The second-order valence-corrected chi connectivity index (χ2v) is 6.19. The molecular formula is C10H17BrN2S. The van der Waals surface area contributed by atoms with Crippen LogP contribution >= 0.6 is 27.3 Å². The Morgan fingerprint density at radius 2 is 2.29 bits per heavy atom. The second-order valence-electron chi connectivity index (χ2n) is 3.68. The molecule has 0 amide bonds. The predicted molar refractivity (Wildman–Crippen MR) is 66.2 cm³/mol. The second kappa shape index (κ2) is 5.83. The van der Waals surface area contributed by atoms with Crippen LogP contribution in [-0.2, 0) is 6.54 Å². The molecule has 80 valence electrons. The maximum absolute atomic E-state index is 4.41. The van der Waals surface area contributed by atoms with Crippen LogP contribution in [0.5, 0.6) is 0 Å². The zero-order valence-corrected chi connectivity index (χ0v) is 11.3. The Morgan fingerprint density at radius 3 is 2.79 bits per heavy atom. The molecule has 0 bridgehead atoms. The van der Waals surface area contributed by atoms with E-state index in [1.54, 1.807) is 11.3 Å². The summed E-state index contributed by atoms with van der Waals surface area (Å²) in [6.07, 6.45) is 1.14. The number of thiazole rings is 1. The van der Waals surface area contributed by atoms with Crippen LogP contribution in [-0.4, -0.2) is 15.9 Å². The van der Waals surface area contributed by atoms with Crippen LogP contribution in [0.3, 0.4) is 0 Å². The summed E-state index contributed by atoms with van der Waals surface area (Å²) in [5.74, 6) is 0. The number of halogens is 1. The molecule has 0 radical (unpaired) electrons. The van der Waals surface area contributed by atoms with E-state index in [0.29, 0.717) is 10.9 Å². The largest absolute Gasteiger partial charge is 0.308 e. The Morgan fingerprint density at radius 1 is 1.57 bits per heavy atom. The van der Waals surface area contributed by atoms with E-state index in [4.69, 9.17) is 0 Å². The molecule has 2 atom stereocenters. The van der Waals surface area contributed by atoms with E-state index >= 15 is 0 Å². The number of hydrogen-bond donors (Lipinski definition) is 1. The van der Waals surface area contributed by atoms with Crippen molar-refractivity contribution < 1.29 is 0 Å². The van der Waals surface area contributed by atoms with Gasteiger partial charge in [0.15, 0.2) is 0 Å². The summed E-state index contributed by atoms with van der Waals surface area (Å²) in [5, 5.41) is 6.73. The van der Waals surface area contributed by atoms with Gasteiger partial charge in [0.1, 0.15) is 5.01 Å². The molecule has 2 nitrogen and oxygen atoms in total. The van der Waals surface area contributed by atoms with Crippen LogP contribution in [0.4, 0.5) is 0 Å². The van der Waals surface area contributed by atoms with Gasteiger partial charge in [0, 0.05) is 28.5 Å². The quantitative estimate of drug-likeness (QED) is 0.836. The minimum Gasteiger partial charge on any atom is -0.308 e. The highest BCUT2D eigenvalue weighted by Gasteiger charge is 2.06. The van der Waals surface area contributed by atoms with Crippen LogP contribution in [0.25, 0.3) is 0 Å². The average Bonchev–Trinajstić information content (AvgIpc) is 2.47. The molecule has 0 spiro atoms. The van der Waals surface area contributed by atoms with E-state index in [9.17, 15) is 0 Å². The number of alkyl halides is 1. The maximum Gasteiger partial charge on any atom is 0.107 e. The highest BCUT2D eigenvalue weighted by molar-refractivity contribution is 9.09. The smallest absolute Gasteiger partial charge is 0.107 e. The topological polar surface area (TPSA) is 24.9 Å². The molecule has 1 aromatic rings. The summed E-state index contributed by atoms with van der Waals surface area (Å²) in [7, 11) is 0. The number of aromatic nitrogens is 1. The van der Waals surface area contributed by atoms with E-state index in [0.717, 1.165) is 18.7 Å². The zero-order valence-electron chi connectivity index (χ0n) is 8.88. The van der Waals surface area contributed by atoms with Crippen LogP contribution in [0.15, 0.2) is 5.38 Å². The standard InChI is InChI=1S/C10H17BrN2S/c1-7(11)4-8(2)12-5-10-13-9(3)6-14-10/h6-8,12H,4-5H2,1-3H3. The molecule has 0 aliphatic rings. The highest BCUT2D eigenvalue weighted by Crippen LogP contribution is 2.10. The van der Waals surface area contributed by atoms with E-state index < -0.39 is 0 Å². The minimum absolute atomic E-state index is 0.536. The summed E-state index contributed by atoms with van der Waals surface area (Å²) in [6, 6.07) is 0.536. The van der Waals surface area contributed by atoms with Gasteiger partial charge in [-0.2, -0.15) is 0 Å². The van der Waals surface area contributed by atoms with Crippen molar-refractivity contribution in [3.05, 3.63) is 16.1 Å². The number of nitrogens with zero attached hydrogens (tertiary/aromatic N) is 1. The van der Waals surface area contributed by atoms with E-state index in [-0.39, 0.29) is 0 Å². The lowest BCUT2D eigenvalue weighted by atomic mass is 10.2. The molecule has 0 fully saturated rings. The van der Waals surface area contributed by atoms with Gasteiger partial charge in [0.05, 0.1) is 0 Å². The minimum atomic E-state index is 0.536. The van der Waals surface area contributed by atoms with Crippen molar-refractivity contribution in [3.8, 4) is 0 Å². The number of hydrogen-bond acceptors (Lipinski definition) is 3. The SMILES string of the molecule is Cc1csc(CNC(C)CC(C)Br)n1. The Kier molecular flexibility index (Phi) is 5.06. The third kappa shape index (κ3) is 4.53. The van der Waals surface area contributed by atoms with Crippen LogP contribution < -0.4 is 5.32 Å². The molecule has 0 saturated carbocycles. The number of nitrogens with one attached hydrogen (secondary N) is 1. The summed E-state index contributed by atoms with van der Waals surface area (Å²) >= 11 is 5.28. The Hall–Kier alpha value is 0.0700. The lowest BCUT2D eigenvalue weighted by Gasteiger charge is -2.13. The third-order valence-corrected chi connectivity index (χ3v) is 3.29. The Bertz CT molecular complexity index is 273. The molecule has 14 heavy (non-hydrogen) atoms. The van der Waals surface area contributed by atoms with Gasteiger partial charge in [0.2, 0.25) is 0 Å². The molecule has 1 rings (SSSR count). The van der Waals surface area contributed by atoms with E-state index in [1.165, 1.54) is 5.01 Å². The first-order valence-electron chi connectivity index (χ1n) is 4.86. The summed E-state index contributed by atoms with van der Waals surface area (Å²) in [5.41, 5.74) is 1.12. The van der Waals surface area contributed by atoms with Gasteiger partial charge in [-0.15, -0.1) is 11.3 Å². The van der Waals surface area contributed by atoms with Crippen molar-refractivity contribution in [2.45, 2.75) is 44.6 Å². The van der Waals surface area contributed by atoms with Gasteiger partial charge in [-0.05, 0) is 20.3 Å². The highest BCUT2D eigenvalue weighted by atomic mass is 79.9. The molecular weight excluding hydrogens is 260 g/mol. The van der Waals surface area contributed by atoms with Gasteiger partial charge in [-0.25, -0.2) is 4.98 Å². The fourth-order valence-electron chi connectivity index (χ4n) is 1.32. The molecule has 1 heterocycles. The molecule has 0 saturated heterocycles. The monoisotopic (exact) mass is 276 g/mol. The predicted octanol–water partition coefficient (Wildman–Crippen LogP) is 3.10. The van der Waals surface area contributed by atoms with Gasteiger partial charge in [-0.3, -0.25) is 0 Å². The lowest BCUT2D eigenvalue weighted by molar-refractivity contribution is 0.514. The Balaban J connectivity index is 2.26. The van der Waals surface area contributed by atoms with Gasteiger partial charge >= 0.3 is 0 Å². The van der Waals surface area contributed by atoms with Crippen molar-refractivity contribution in [2.75, 3.05) is 0 Å². The molecule has 1 aromatic heterocycles. The maximum atomic E-state index is 4.41. The Labute approximate surface area is 98.3 Å². The zero-order chi connectivity index (χ0) is 10.6. The number of aryl methyl sites for hydroxylation is 1. The van der Waals surface area contributed by atoms with Gasteiger partial charge in [0.25, 0.3) is 0 Å².